The highest BCUT2D eigenvalue weighted by Crippen LogP contribution is 2.24. The Morgan fingerprint density at radius 3 is 2.54 bits per heavy atom. The topological polar surface area (TPSA) is 110 Å². The summed E-state index contributed by atoms with van der Waals surface area (Å²) in [6.07, 6.45) is 1.76. The smallest absolute Gasteiger partial charge is 0.241 e. The van der Waals surface area contributed by atoms with Gasteiger partial charge in [-0.2, -0.15) is 4.98 Å². The molecule has 0 fully saturated rings. The van der Waals surface area contributed by atoms with E-state index < -0.39 is 0 Å². The van der Waals surface area contributed by atoms with E-state index in [1.54, 1.807) is 7.05 Å². The van der Waals surface area contributed by atoms with Crippen LogP contribution in [-0.2, 0) is 17.8 Å². The monoisotopic (exact) mass is 464 g/mol. The molecule has 5 rings (SSSR count). The van der Waals surface area contributed by atoms with Crippen molar-refractivity contribution in [2.24, 2.45) is 0 Å². The number of anilines is 3. The average molecular weight is 465 g/mol. The van der Waals surface area contributed by atoms with Gasteiger partial charge in [-0.1, -0.05) is 54.6 Å². The second-order valence-corrected chi connectivity index (χ2v) is 7.88. The third-order valence-electron chi connectivity index (χ3n) is 5.44. The number of hydrogen-bond donors (Lipinski definition) is 3. The van der Waals surface area contributed by atoms with Crippen LogP contribution in [0.1, 0.15) is 11.1 Å². The van der Waals surface area contributed by atoms with Crippen molar-refractivity contribution < 1.29 is 4.79 Å². The number of aromatic nitrogens is 5. The molecule has 3 aromatic carbocycles. The van der Waals surface area contributed by atoms with E-state index in [1.807, 2.05) is 71.3 Å². The van der Waals surface area contributed by atoms with Crippen LogP contribution in [0.15, 0.2) is 85.2 Å². The van der Waals surface area contributed by atoms with Gasteiger partial charge in [0.15, 0.2) is 0 Å². The first-order valence-corrected chi connectivity index (χ1v) is 11.2. The zero-order chi connectivity index (χ0) is 24.0. The lowest BCUT2D eigenvalue weighted by Gasteiger charge is -2.11. The highest BCUT2D eigenvalue weighted by molar-refractivity contribution is 5.80. The minimum absolute atomic E-state index is 0.0490. The van der Waals surface area contributed by atoms with Gasteiger partial charge in [0, 0.05) is 19.3 Å². The van der Waals surface area contributed by atoms with Crippen LogP contribution in [0.25, 0.3) is 17.0 Å². The molecule has 2 heterocycles. The third-order valence-corrected chi connectivity index (χ3v) is 5.44. The summed E-state index contributed by atoms with van der Waals surface area (Å²) in [6.45, 7) is 0.610. The van der Waals surface area contributed by atoms with Gasteiger partial charge >= 0.3 is 0 Å². The number of fused-ring (bicyclic) bond motifs is 1. The molecule has 0 aliphatic rings. The molecule has 9 heteroatoms. The minimum atomic E-state index is -0.0490. The number of hydrogen-bond acceptors (Lipinski definition) is 7. The van der Waals surface area contributed by atoms with Crippen LogP contribution in [0.3, 0.4) is 0 Å². The summed E-state index contributed by atoms with van der Waals surface area (Å²) in [4.78, 5) is 29.9. The van der Waals surface area contributed by atoms with E-state index in [2.05, 4.69) is 43.0 Å². The highest BCUT2D eigenvalue weighted by Gasteiger charge is 2.15. The molecule has 174 valence electrons. The molecule has 0 bridgehead atoms. The van der Waals surface area contributed by atoms with Gasteiger partial charge in [0.25, 0.3) is 0 Å². The first-order chi connectivity index (χ1) is 17.2. The van der Waals surface area contributed by atoms with Gasteiger partial charge < -0.3 is 16.0 Å². The number of para-hydroxylation sites is 2. The first kappa shape index (κ1) is 22.0. The molecule has 0 radical (unpaired) electrons. The molecular weight excluding hydrogens is 440 g/mol. The molecule has 9 nitrogen and oxygen atoms in total. The summed E-state index contributed by atoms with van der Waals surface area (Å²) in [5.74, 6) is 1.42. The van der Waals surface area contributed by atoms with Gasteiger partial charge in [0.1, 0.15) is 6.33 Å². The Balaban J connectivity index is 1.45. The first-order valence-electron chi connectivity index (χ1n) is 11.2. The third kappa shape index (κ3) is 5.09. The summed E-state index contributed by atoms with van der Waals surface area (Å²) in [5, 5.41) is 9.27. The van der Waals surface area contributed by atoms with Gasteiger partial charge in [0.2, 0.25) is 23.8 Å². The summed E-state index contributed by atoms with van der Waals surface area (Å²) in [6, 6.07) is 25.6. The van der Waals surface area contributed by atoms with Crippen molar-refractivity contribution in [1.82, 2.24) is 29.8 Å². The predicted molar refractivity (Wildman–Crippen MR) is 136 cm³/mol. The van der Waals surface area contributed by atoms with Gasteiger partial charge in [-0.15, -0.1) is 0 Å². The van der Waals surface area contributed by atoms with Crippen LogP contribution in [0.4, 0.5) is 17.6 Å². The van der Waals surface area contributed by atoms with Crippen molar-refractivity contribution >= 4 is 34.5 Å². The Labute approximate surface area is 202 Å². The number of carbonyl (C=O) groups is 1. The molecule has 1 amide bonds. The lowest BCUT2D eigenvalue weighted by molar-refractivity contribution is -0.119. The molecule has 0 atom stereocenters. The van der Waals surface area contributed by atoms with E-state index in [4.69, 9.17) is 4.98 Å². The van der Waals surface area contributed by atoms with Crippen molar-refractivity contribution in [3.63, 3.8) is 0 Å². The fraction of sp³-hybridized carbons (Fsp3) is 0.115. The normalized spacial score (nSPS) is 10.8. The SMILES string of the molecule is CNC(=O)Cc1cccc(Nc2ncnc(-n3c(NCc4ccccc4)nc4ccccc43)n2)c1. The molecule has 3 N–H and O–H groups in total. The number of nitrogens with one attached hydrogen (secondary N) is 3. The fourth-order valence-corrected chi connectivity index (χ4v) is 3.74. The van der Waals surface area contributed by atoms with E-state index in [1.165, 1.54) is 6.33 Å². The van der Waals surface area contributed by atoms with E-state index in [0.717, 1.165) is 27.8 Å². The average Bonchev–Trinajstić information content (AvgIpc) is 3.27. The van der Waals surface area contributed by atoms with Gasteiger partial charge in [0.05, 0.1) is 17.5 Å². The van der Waals surface area contributed by atoms with Gasteiger partial charge in [-0.05, 0) is 35.4 Å². The maximum atomic E-state index is 11.7. The molecule has 0 spiro atoms. The van der Waals surface area contributed by atoms with Crippen LogP contribution < -0.4 is 16.0 Å². The number of likely N-dealkylation sites (N-methyl/N-ethyl adjacent to an activating group) is 1. The van der Waals surface area contributed by atoms with Crippen molar-refractivity contribution in [2.75, 3.05) is 17.7 Å². The zero-order valence-corrected chi connectivity index (χ0v) is 19.1. The summed E-state index contributed by atoms with van der Waals surface area (Å²) >= 11 is 0. The Morgan fingerprint density at radius 1 is 0.886 bits per heavy atom. The van der Waals surface area contributed by atoms with Crippen molar-refractivity contribution in [2.45, 2.75) is 13.0 Å². The molecule has 0 aliphatic heterocycles. The molecule has 0 unspecified atom stereocenters. The molecule has 35 heavy (non-hydrogen) atoms. The number of nitrogens with zero attached hydrogens (tertiary/aromatic N) is 5. The van der Waals surface area contributed by atoms with Crippen LogP contribution in [0.5, 0.6) is 0 Å². The molecule has 2 aromatic heterocycles. The van der Waals surface area contributed by atoms with Crippen LogP contribution in [-0.4, -0.2) is 37.5 Å². The predicted octanol–water partition coefficient (Wildman–Crippen LogP) is 3.85. The van der Waals surface area contributed by atoms with Crippen LogP contribution >= 0.6 is 0 Å². The summed E-state index contributed by atoms with van der Waals surface area (Å²) < 4.78 is 1.88. The quantitative estimate of drug-likeness (QED) is 0.320. The van der Waals surface area contributed by atoms with E-state index in [0.29, 0.717) is 30.8 Å². The van der Waals surface area contributed by atoms with Crippen LogP contribution in [0, 0.1) is 0 Å². The zero-order valence-electron chi connectivity index (χ0n) is 19.1. The molecule has 0 saturated heterocycles. The Bertz CT molecular complexity index is 1470. The summed E-state index contributed by atoms with van der Waals surface area (Å²) in [5.41, 5.74) is 4.52. The number of carbonyl (C=O) groups excluding carboxylic acids is 1. The number of imidazole rings is 1. The molecule has 0 aliphatic carbocycles. The maximum absolute atomic E-state index is 11.7. The number of amides is 1. The van der Waals surface area contributed by atoms with E-state index >= 15 is 0 Å². The second kappa shape index (κ2) is 10.0. The van der Waals surface area contributed by atoms with Gasteiger partial charge in [-0.3, -0.25) is 4.79 Å². The van der Waals surface area contributed by atoms with Crippen LogP contribution in [0.2, 0.25) is 0 Å². The van der Waals surface area contributed by atoms with Gasteiger partial charge in [-0.25, -0.2) is 19.5 Å². The largest absolute Gasteiger partial charge is 0.359 e. The second-order valence-electron chi connectivity index (χ2n) is 7.88. The lowest BCUT2D eigenvalue weighted by atomic mass is 10.1. The highest BCUT2D eigenvalue weighted by atomic mass is 16.1. The van der Waals surface area contributed by atoms with E-state index in [9.17, 15) is 4.79 Å². The molecule has 5 aromatic rings. The minimum Gasteiger partial charge on any atom is -0.359 e. The van der Waals surface area contributed by atoms with E-state index in [-0.39, 0.29) is 5.91 Å². The standard InChI is InChI=1S/C26H24N8O/c1-27-23(35)15-19-10-7-11-20(14-19)31-24-29-17-30-26(33-24)34-22-13-6-5-12-21(22)32-25(34)28-16-18-8-3-2-4-9-18/h2-14,17H,15-16H2,1H3,(H,27,35)(H,28,32)(H,29,30,31,33). The van der Waals surface area contributed by atoms with Crippen molar-refractivity contribution in [3.8, 4) is 5.95 Å². The number of benzene rings is 3. The molecular formula is C26H24N8O. The Morgan fingerprint density at radius 2 is 1.69 bits per heavy atom. The summed E-state index contributed by atoms with van der Waals surface area (Å²) in [7, 11) is 1.62. The Hall–Kier alpha value is -4.79. The van der Waals surface area contributed by atoms with Crippen molar-refractivity contribution in [3.05, 3.63) is 96.3 Å². The number of rotatable bonds is 8. The lowest BCUT2D eigenvalue weighted by Crippen LogP contribution is -2.19. The van der Waals surface area contributed by atoms with Crippen molar-refractivity contribution in [1.29, 1.82) is 0 Å². The maximum Gasteiger partial charge on any atom is 0.241 e. The fourth-order valence-electron chi connectivity index (χ4n) is 3.74. The Kier molecular flexibility index (Phi) is 6.29. The molecule has 0 saturated carbocycles.